The number of furan rings is 1. The van der Waals surface area contributed by atoms with Gasteiger partial charge in [0.25, 0.3) is 0 Å². The first-order valence-electron chi connectivity index (χ1n) is 6.33. The van der Waals surface area contributed by atoms with Gasteiger partial charge in [-0.1, -0.05) is 6.07 Å². The van der Waals surface area contributed by atoms with E-state index in [1.807, 2.05) is 0 Å². The summed E-state index contributed by atoms with van der Waals surface area (Å²) in [5.41, 5.74) is 0.262. The third-order valence-corrected chi connectivity index (χ3v) is 2.99. The molecule has 1 amide bonds. The number of hydrogen-bond acceptors (Lipinski definition) is 2. The Labute approximate surface area is 115 Å². The lowest BCUT2D eigenvalue weighted by molar-refractivity contribution is -0.121. The van der Waals surface area contributed by atoms with Crippen molar-refractivity contribution in [3.63, 3.8) is 0 Å². The minimum Gasteiger partial charge on any atom is -0.469 e. The van der Waals surface area contributed by atoms with Gasteiger partial charge in [-0.2, -0.15) is 0 Å². The standard InChI is InChI=1S/C15H15F2NO2/c1-10(13-6-4-11(16)9-14(13)17)18-15(19)7-5-12-3-2-8-20-12/h2-4,6,8-10H,5,7H2,1H3,(H,18,19). The topological polar surface area (TPSA) is 42.2 Å². The van der Waals surface area contributed by atoms with Crippen LogP contribution in [0.2, 0.25) is 0 Å². The second kappa shape index (κ2) is 6.32. The Morgan fingerprint density at radius 2 is 2.15 bits per heavy atom. The maximum atomic E-state index is 13.6. The maximum absolute atomic E-state index is 13.6. The molecule has 2 aromatic rings. The van der Waals surface area contributed by atoms with Gasteiger partial charge in [0.2, 0.25) is 5.91 Å². The van der Waals surface area contributed by atoms with E-state index in [1.54, 1.807) is 25.3 Å². The molecule has 3 nitrogen and oxygen atoms in total. The van der Waals surface area contributed by atoms with Crippen molar-refractivity contribution in [1.29, 1.82) is 0 Å². The Morgan fingerprint density at radius 1 is 1.35 bits per heavy atom. The molecule has 0 bridgehead atoms. The van der Waals surface area contributed by atoms with Gasteiger partial charge < -0.3 is 9.73 Å². The number of amides is 1. The first kappa shape index (κ1) is 14.2. The molecule has 0 saturated heterocycles. The van der Waals surface area contributed by atoms with Gasteiger partial charge in [-0.25, -0.2) is 8.78 Å². The first-order valence-corrected chi connectivity index (χ1v) is 6.33. The fourth-order valence-corrected chi connectivity index (χ4v) is 1.94. The highest BCUT2D eigenvalue weighted by Gasteiger charge is 2.14. The zero-order valence-corrected chi connectivity index (χ0v) is 11.0. The predicted molar refractivity (Wildman–Crippen MR) is 69.9 cm³/mol. The van der Waals surface area contributed by atoms with Crippen LogP contribution >= 0.6 is 0 Å². The molecular formula is C15H15F2NO2. The van der Waals surface area contributed by atoms with Gasteiger partial charge in [0, 0.05) is 24.5 Å². The van der Waals surface area contributed by atoms with E-state index in [2.05, 4.69) is 5.32 Å². The summed E-state index contributed by atoms with van der Waals surface area (Å²) in [4.78, 5) is 11.8. The summed E-state index contributed by atoms with van der Waals surface area (Å²) in [7, 11) is 0. The van der Waals surface area contributed by atoms with Crippen LogP contribution in [-0.4, -0.2) is 5.91 Å². The number of benzene rings is 1. The molecule has 0 aliphatic rings. The van der Waals surface area contributed by atoms with Crippen molar-refractivity contribution in [3.05, 3.63) is 59.6 Å². The van der Waals surface area contributed by atoms with E-state index >= 15 is 0 Å². The average Bonchev–Trinajstić information content (AvgIpc) is 2.89. The highest BCUT2D eigenvalue weighted by atomic mass is 19.1. The van der Waals surface area contributed by atoms with Gasteiger partial charge in [-0.05, 0) is 25.1 Å². The monoisotopic (exact) mass is 279 g/mol. The molecule has 0 aliphatic carbocycles. The zero-order valence-electron chi connectivity index (χ0n) is 11.0. The lowest BCUT2D eigenvalue weighted by Gasteiger charge is -2.15. The molecule has 1 N–H and O–H groups in total. The largest absolute Gasteiger partial charge is 0.469 e. The summed E-state index contributed by atoms with van der Waals surface area (Å²) in [6.07, 6.45) is 2.28. The number of carbonyl (C=O) groups excluding carboxylic acids is 1. The smallest absolute Gasteiger partial charge is 0.220 e. The number of nitrogens with one attached hydrogen (secondary N) is 1. The summed E-state index contributed by atoms with van der Waals surface area (Å²) in [6, 6.07) is 6.34. The zero-order chi connectivity index (χ0) is 14.5. The Bertz CT molecular complexity index is 582. The van der Waals surface area contributed by atoms with Crippen LogP contribution in [0.1, 0.15) is 30.7 Å². The van der Waals surface area contributed by atoms with Gasteiger partial charge in [-0.3, -0.25) is 4.79 Å². The number of hydrogen-bond donors (Lipinski definition) is 1. The summed E-state index contributed by atoms with van der Waals surface area (Å²) in [5.74, 6) is -0.787. The van der Waals surface area contributed by atoms with Crippen molar-refractivity contribution < 1.29 is 18.0 Å². The number of rotatable bonds is 5. The van der Waals surface area contributed by atoms with E-state index in [4.69, 9.17) is 4.42 Å². The molecule has 1 aromatic carbocycles. The number of aryl methyl sites for hydroxylation is 1. The second-order valence-corrected chi connectivity index (χ2v) is 4.53. The predicted octanol–water partition coefficient (Wildman–Crippen LogP) is 3.37. The van der Waals surface area contributed by atoms with Gasteiger partial charge in [-0.15, -0.1) is 0 Å². The summed E-state index contributed by atoms with van der Waals surface area (Å²) < 4.78 is 31.5. The van der Waals surface area contributed by atoms with Crippen LogP contribution in [0, 0.1) is 11.6 Å². The molecular weight excluding hydrogens is 264 g/mol. The molecule has 1 unspecified atom stereocenters. The molecule has 0 aliphatic heterocycles. The normalized spacial score (nSPS) is 12.2. The van der Waals surface area contributed by atoms with Crippen LogP contribution in [0.3, 0.4) is 0 Å². The summed E-state index contributed by atoms with van der Waals surface area (Å²) in [5, 5.41) is 2.68. The number of halogens is 2. The van der Waals surface area contributed by atoms with Crippen molar-refractivity contribution in [2.75, 3.05) is 0 Å². The first-order chi connectivity index (χ1) is 9.56. The number of carbonyl (C=O) groups is 1. The van der Waals surface area contributed by atoms with E-state index < -0.39 is 17.7 Å². The van der Waals surface area contributed by atoms with Crippen LogP contribution in [0.25, 0.3) is 0 Å². The Hall–Kier alpha value is -2.17. The highest BCUT2D eigenvalue weighted by Crippen LogP contribution is 2.17. The van der Waals surface area contributed by atoms with Crippen LogP contribution in [-0.2, 0) is 11.2 Å². The molecule has 20 heavy (non-hydrogen) atoms. The molecule has 0 radical (unpaired) electrons. The molecule has 0 saturated carbocycles. The molecule has 1 atom stereocenters. The molecule has 1 heterocycles. The van der Waals surface area contributed by atoms with Crippen molar-refractivity contribution in [2.24, 2.45) is 0 Å². The Balaban J connectivity index is 1.90. The van der Waals surface area contributed by atoms with Crippen molar-refractivity contribution >= 4 is 5.91 Å². The van der Waals surface area contributed by atoms with E-state index in [-0.39, 0.29) is 17.9 Å². The van der Waals surface area contributed by atoms with Gasteiger partial charge in [0.1, 0.15) is 17.4 Å². The van der Waals surface area contributed by atoms with E-state index in [1.165, 1.54) is 12.1 Å². The van der Waals surface area contributed by atoms with E-state index in [0.29, 0.717) is 6.42 Å². The Morgan fingerprint density at radius 3 is 2.80 bits per heavy atom. The minimum atomic E-state index is -0.663. The second-order valence-electron chi connectivity index (χ2n) is 4.53. The quantitative estimate of drug-likeness (QED) is 0.911. The van der Waals surface area contributed by atoms with Crippen molar-refractivity contribution in [1.82, 2.24) is 5.32 Å². The van der Waals surface area contributed by atoms with Crippen LogP contribution < -0.4 is 5.32 Å². The molecule has 106 valence electrons. The van der Waals surface area contributed by atoms with Gasteiger partial charge >= 0.3 is 0 Å². The summed E-state index contributed by atoms with van der Waals surface area (Å²) in [6.45, 7) is 1.65. The summed E-state index contributed by atoms with van der Waals surface area (Å²) >= 11 is 0. The molecule has 5 heteroatoms. The molecule has 1 aromatic heterocycles. The maximum Gasteiger partial charge on any atom is 0.220 e. The molecule has 0 fully saturated rings. The minimum absolute atomic E-state index is 0.211. The SMILES string of the molecule is CC(NC(=O)CCc1ccco1)c1ccc(F)cc1F. The average molecular weight is 279 g/mol. The van der Waals surface area contributed by atoms with Crippen LogP contribution in [0.15, 0.2) is 41.0 Å². The fraction of sp³-hybridized carbons (Fsp3) is 0.267. The third kappa shape index (κ3) is 3.66. The van der Waals surface area contributed by atoms with Crippen molar-refractivity contribution in [3.8, 4) is 0 Å². The highest BCUT2D eigenvalue weighted by molar-refractivity contribution is 5.76. The van der Waals surface area contributed by atoms with Crippen LogP contribution in [0.5, 0.6) is 0 Å². The Kier molecular flexibility index (Phi) is 4.50. The fourth-order valence-electron chi connectivity index (χ4n) is 1.94. The molecule has 2 rings (SSSR count). The lowest BCUT2D eigenvalue weighted by atomic mass is 10.1. The lowest BCUT2D eigenvalue weighted by Crippen LogP contribution is -2.27. The van der Waals surface area contributed by atoms with Gasteiger partial charge in [0.15, 0.2) is 0 Å². The third-order valence-electron chi connectivity index (χ3n) is 2.99. The van der Waals surface area contributed by atoms with Crippen LogP contribution in [0.4, 0.5) is 8.78 Å². The van der Waals surface area contributed by atoms with E-state index in [9.17, 15) is 13.6 Å². The van der Waals surface area contributed by atoms with Gasteiger partial charge in [0.05, 0.1) is 12.3 Å². The van der Waals surface area contributed by atoms with Crippen molar-refractivity contribution in [2.45, 2.75) is 25.8 Å². The molecule has 0 spiro atoms. The van der Waals surface area contributed by atoms with E-state index in [0.717, 1.165) is 11.8 Å².